The highest BCUT2D eigenvalue weighted by Gasteiger charge is 2.50. The lowest BCUT2D eigenvalue weighted by Gasteiger charge is -2.15. The van der Waals surface area contributed by atoms with Crippen LogP contribution in [-0.2, 0) is 16.6 Å². The van der Waals surface area contributed by atoms with Crippen LogP contribution < -0.4 is 9.47 Å². The van der Waals surface area contributed by atoms with Gasteiger partial charge < -0.3 is 9.47 Å². The van der Waals surface area contributed by atoms with Crippen LogP contribution in [0.1, 0.15) is 29.7 Å². The Morgan fingerprint density at radius 3 is 2.59 bits per heavy atom. The summed E-state index contributed by atoms with van der Waals surface area (Å²) in [4.78, 5) is 17.9. The molecule has 0 saturated heterocycles. The van der Waals surface area contributed by atoms with Crippen LogP contribution in [0.4, 0.5) is 0 Å². The third kappa shape index (κ3) is 3.13. The monoisotopic (exact) mass is 382 g/mol. The van der Waals surface area contributed by atoms with E-state index in [-0.39, 0.29) is 12.6 Å². The van der Waals surface area contributed by atoms with Crippen molar-refractivity contribution >= 4 is 5.78 Å². The Bertz CT molecular complexity index is 1140. The Labute approximate surface area is 168 Å². The predicted molar refractivity (Wildman–Crippen MR) is 107 cm³/mol. The lowest BCUT2D eigenvalue weighted by molar-refractivity contribution is -0.120. The number of ether oxygens (including phenoxy) is 2. The van der Waals surface area contributed by atoms with Gasteiger partial charge in [-0.25, -0.2) is 0 Å². The van der Waals surface area contributed by atoms with Gasteiger partial charge in [0.15, 0.2) is 11.5 Å². The molecule has 0 radical (unpaired) electrons. The summed E-state index contributed by atoms with van der Waals surface area (Å²) >= 11 is 0. The van der Waals surface area contributed by atoms with Crippen molar-refractivity contribution in [2.75, 3.05) is 6.79 Å². The number of benzene rings is 2. The van der Waals surface area contributed by atoms with Gasteiger partial charge in [-0.3, -0.25) is 9.78 Å². The lowest BCUT2D eigenvalue weighted by atomic mass is 9.88. The van der Waals surface area contributed by atoms with Crippen LogP contribution in [0.25, 0.3) is 11.3 Å². The Kier molecular flexibility index (Phi) is 4.06. The fourth-order valence-corrected chi connectivity index (χ4v) is 3.84. The summed E-state index contributed by atoms with van der Waals surface area (Å²) in [5.41, 5.74) is 3.65. The third-order valence-corrected chi connectivity index (χ3v) is 5.67. The van der Waals surface area contributed by atoms with E-state index >= 15 is 0 Å². The molecular weight excluding hydrogens is 364 g/mol. The van der Waals surface area contributed by atoms with Crippen molar-refractivity contribution in [2.45, 2.75) is 24.7 Å². The van der Waals surface area contributed by atoms with E-state index < -0.39 is 5.41 Å². The van der Waals surface area contributed by atoms with Crippen LogP contribution in [0, 0.1) is 11.3 Å². The molecule has 29 heavy (non-hydrogen) atoms. The van der Waals surface area contributed by atoms with E-state index in [1.165, 1.54) is 0 Å². The maximum absolute atomic E-state index is 13.2. The van der Waals surface area contributed by atoms with Crippen LogP contribution >= 0.6 is 0 Å². The van der Waals surface area contributed by atoms with E-state index in [1.807, 2.05) is 48.5 Å². The molecule has 1 aliphatic carbocycles. The van der Waals surface area contributed by atoms with Gasteiger partial charge in [-0.05, 0) is 54.8 Å². The van der Waals surface area contributed by atoms with Gasteiger partial charge in [0.25, 0.3) is 0 Å². The molecule has 0 spiro atoms. The summed E-state index contributed by atoms with van der Waals surface area (Å²) in [5, 5.41) is 8.95. The first kappa shape index (κ1) is 17.4. The van der Waals surface area contributed by atoms with E-state index in [4.69, 9.17) is 14.7 Å². The number of carbonyl (C=O) groups is 1. The molecule has 2 aromatic carbocycles. The number of carbonyl (C=O) groups excluding carboxylic acids is 1. The highest BCUT2D eigenvalue weighted by Crippen LogP contribution is 2.51. The number of nitrogens with zero attached hydrogens (tertiary/aromatic N) is 2. The van der Waals surface area contributed by atoms with E-state index in [9.17, 15) is 4.79 Å². The lowest BCUT2D eigenvalue weighted by Crippen LogP contribution is -2.23. The Morgan fingerprint density at radius 2 is 1.83 bits per heavy atom. The van der Waals surface area contributed by atoms with Gasteiger partial charge in [0.2, 0.25) is 6.79 Å². The van der Waals surface area contributed by atoms with Gasteiger partial charge in [0.05, 0.1) is 22.7 Å². The van der Waals surface area contributed by atoms with Gasteiger partial charge >= 0.3 is 0 Å². The smallest absolute Gasteiger partial charge is 0.231 e. The number of Topliss-reactive ketones (excluding diaryl/α,β-unsaturated/α-hetero) is 1. The van der Waals surface area contributed by atoms with Crippen LogP contribution in [0.3, 0.4) is 0 Å². The average Bonchev–Trinajstić information content (AvgIpc) is 3.45. The molecule has 0 N–H and O–H groups in total. The second-order valence-electron chi connectivity index (χ2n) is 7.45. The molecule has 1 saturated carbocycles. The Hall–Kier alpha value is -3.65. The molecular formula is C24H18N2O3. The summed E-state index contributed by atoms with van der Waals surface area (Å²) in [6.07, 6.45) is 1.99. The van der Waals surface area contributed by atoms with E-state index in [2.05, 4.69) is 11.1 Å². The van der Waals surface area contributed by atoms with Gasteiger partial charge in [-0.2, -0.15) is 5.26 Å². The SMILES string of the molecule is N#Cc1ccc(-c2cccc(CC(=O)C3(c4ccc5c(c4)OCO5)CC3)n2)cc1. The van der Waals surface area contributed by atoms with Gasteiger partial charge in [-0.15, -0.1) is 0 Å². The highest BCUT2D eigenvalue weighted by molar-refractivity contribution is 5.94. The second-order valence-corrected chi connectivity index (χ2v) is 7.45. The van der Waals surface area contributed by atoms with Gasteiger partial charge in [-0.1, -0.05) is 24.3 Å². The number of hydrogen-bond acceptors (Lipinski definition) is 5. The van der Waals surface area contributed by atoms with Crippen molar-refractivity contribution in [1.29, 1.82) is 5.26 Å². The average molecular weight is 382 g/mol. The zero-order chi connectivity index (χ0) is 19.8. The molecule has 2 aliphatic rings. The molecule has 1 aliphatic heterocycles. The molecule has 5 heteroatoms. The second kappa shape index (κ2) is 6.75. The number of pyridine rings is 1. The molecule has 2 heterocycles. The Morgan fingerprint density at radius 1 is 1.03 bits per heavy atom. The van der Waals surface area contributed by atoms with Crippen molar-refractivity contribution in [3.8, 4) is 28.8 Å². The quantitative estimate of drug-likeness (QED) is 0.661. The first-order chi connectivity index (χ1) is 14.2. The molecule has 5 nitrogen and oxygen atoms in total. The van der Waals surface area contributed by atoms with E-state index in [0.717, 1.165) is 41.1 Å². The number of nitriles is 1. The van der Waals surface area contributed by atoms with Gasteiger partial charge in [0.1, 0.15) is 5.78 Å². The number of ketones is 1. The molecule has 142 valence electrons. The molecule has 0 atom stereocenters. The zero-order valence-corrected chi connectivity index (χ0v) is 15.7. The van der Waals surface area contributed by atoms with Crippen molar-refractivity contribution in [3.63, 3.8) is 0 Å². The van der Waals surface area contributed by atoms with E-state index in [1.54, 1.807) is 12.1 Å². The minimum atomic E-state index is -0.437. The van der Waals surface area contributed by atoms with Crippen molar-refractivity contribution in [1.82, 2.24) is 4.98 Å². The maximum Gasteiger partial charge on any atom is 0.231 e. The molecule has 1 fully saturated rings. The highest BCUT2D eigenvalue weighted by atomic mass is 16.7. The van der Waals surface area contributed by atoms with Crippen molar-refractivity contribution in [3.05, 3.63) is 77.5 Å². The minimum Gasteiger partial charge on any atom is -0.454 e. The fourth-order valence-electron chi connectivity index (χ4n) is 3.84. The summed E-state index contributed by atoms with van der Waals surface area (Å²) in [6, 6.07) is 20.9. The summed E-state index contributed by atoms with van der Waals surface area (Å²) < 4.78 is 10.9. The van der Waals surface area contributed by atoms with Crippen molar-refractivity contribution < 1.29 is 14.3 Å². The van der Waals surface area contributed by atoms with Crippen LogP contribution in [0.5, 0.6) is 11.5 Å². The predicted octanol–water partition coefficient (Wildman–Crippen LogP) is 4.19. The normalized spacial score (nSPS) is 15.6. The summed E-state index contributed by atoms with van der Waals surface area (Å²) in [7, 11) is 0. The largest absolute Gasteiger partial charge is 0.454 e. The number of rotatable bonds is 5. The van der Waals surface area contributed by atoms with Crippen LogP contribution in [-0.4, -0.2) is 17.6 Å². The zero-order valence-electron chi connectivity index (χ0n) is 15.7. The van der Waals surface area contributed by atoms with Crippen LogP contribution in [0.15, 0.2) is 60.7 Å². The molecule has 0 unspecified atom stereocenters. The topological polar surface area (TPSA) is 72.2 Å². The third-order valence-electron chi connectivity index (χ3n) is 5.67. The molecule has 3 aromatic rings. The number of fused-ring (bicyclic) bond motifs is 1. The van der Waals surface area contributed by atoms with Gasteiger partial charge in [0, 0.05) is 17.7 Å². The van der Waals surface area contributed by atoms with Crippen LogP contribution in [0.2, 0.25) is 0 Å². The number of hydrogen-bond donors (Lipinski definition) is 0. The Balaban J connectivity index is 1.37. The molecule has 0 bridgehead atoms. The van der Waals surface area contributed by atoms with E-state index in [0.29, 0.717) is 17.7 Å². The summed E-state index contributed by atoms with van der Waals surface area (Å²) in [6.45, 7) is 0.228. The first-order valence-corrected chi connectivity index (χ1v) is 9.58. The fraction of sp³-hybridized carbons (Fsp3) is 0.208. The maximum atomic E-state index is 13.2. The van der Waals surface area contributed by atoms with Crippen molar-refractivity contribution in [2.24, 2.45) is 0 Å². The molecule has 5 rings (SSSR count). The molecule has 1 aromatic heterocycles. The first-order valence-electron chi connectivity index (χ1n) is 9.58. The molecule has 0 amide bonds. The number of aromatic nitrogens is 1. The summed E-state index contributed by atoms with van der Waals surface area (Å²) in [5.74, 6) is 1.62. The standard InChI is InChI=1S/C24H18N2O3/c25-14-16-4-6-17(7-5-16)20-3-1-2-19(26-20)13-23(27)24(10-11-24)18-8-9-21-22(12-18)29-15-28-21/h1-9,12H,10-11,13,15H2. The minimum absolute atomic E-state index is 0.181.